The lowest BCUT2D eigenvalue weighted by Gasteiger charge is -2.22. The number of nitrogens with one attached hydrogen (secondary N) is 1. The Morgan fingerprint density at radius 2 is 1.80 bits per heavy atom. The first kappa shape index (κ1) is 15.0. The molecule has 1 aromatic rings. The van der Waals surface area contributed by atoms with Crippen LogP contribution >= 0.6 is 0 Å². The average Bonchev–Trinajstić information content (AvgIpc) is 2.64. The number of carbonyl (C=O) groups excluding carboxylic acids is 1. The van der Waals surface area contributed by atoms with E-state index in [0.29, 0.717) is 5.92 Å². The van der Waals surface area contributed by atoms with Crippen molar-refractivity contribution < 1.29 is 4.79 Å². The van der Waals surface area contributed by atoms with Crippen LogP contribution in [0.15, 0.2) is 24.3 Å². The summed E-state index contributed by atoms with van der Waals surface area (Å²) in [5.74, 6) is 0.491. The fourth-order valence-corrected chi connectivity index (χ4v) is 2.79. The topological polar surface area (TPSA) is 55.1 Å². The minimum Gasteiger partial charge on any atom is -0.348 e. The maximum atomic E-state index is 12.3. The Labute approximate surface area is 121 Å². The largest absolute Gasteiger partial charge is 0.348 e. The molecule has 2 rings (SSSR count). The predicted molar refractivity (Wildman–Crippen MR) is 82.8 cm³/mol. The Kier molecular flexibility index (Phi) is 5.18. The summed E-state index contributed by atoms with van der Waals surface area (Å²) in [6.07, 6.45) is 5.57. The van der Waals surface area contributed by atoms with Gasteiger partial charge in [-0.15, -0.1) is 0 Å². The molecule has 0 saturated heterocycles. The van der Waals surface area contributed by atoms with Crippen LogP contribution in [0.2, 0.25) is 0 Å². The third-order valence-corrected chi connectivity index (χ3v) is 4.23. The van der Waals surface area contributed by atoms with Gasteiger partial charge < -0.3 is 11.1 Å². The van der Waals surface area contributed by atoms with E-state index in [2.05, 4.69) is 19.2 Å². The highest BCUT2D eigenvalue weighted by Crippen LogP contribution is 2.18. The summed E-state index contributed by atoms with van der Waals surface area (Å²) >= 11 is 0. The van der Waals surface area contributed by atoms with Crippen molar-refractivity contribution in [2.75, 3.05) is 0 Å². The fraction of sp³-hybridized carbons (Fsp3) is 0.588. The first-order valence-electron chi connectivity index (χ1n) is 7.74. The summed E-state index contributed by atoms with van der Waals surface area (Å²) in [6.45, 7) is 4.30. The molecule has 0 radical (unpaired) electrons. The van der Waals surface area contributed by atoms with E-state index in [1.54, 1.807) is 0 Å². The SMILES string of the molecule is CC(C)c1ccc(C(=O)NC2CCCCCC2N)cc1. The van der Waals surface area contributed by atoms with Gasteiger partial charge in [-0.3, -0.25) is 4.79 Å². The number of hydrogen-bond acceptors (Lipinski definition) is 2. The Balaban J connectivity index is 1.99. The Bertz CT molecular complexity index is 439. The summed E-state index contributed by atoms with van der Waals surface area (Å²) in [5, 5.41) is 3.11. The Morgan fingerprint density at radius 1 is 1.15 bits per heavy atom. The van der Waals surface area contributed by atoms with Crippen molar-refractivity contribution in [1.29, 1.82) is 0 Å². The fourth-order valence-electron chi connectivity index (χ4n) is 2.79. The molecular weight excluding hydrogens is 248 g/mol. The number of amides is 1. The molecule has 2 atom stereocenters. The molecule has 0 aliphatic heterocycles. The second kappa shape index (κ2) is 6.89. The number of hydrogen-bond donors (Lipinski definition) is 2. The van der Waals surface area contributed by atoms with Crippen LogP contribution in [0.25, 0.3) is 0 Å². The summed E-state index contributed by atoms with van der Waals surface area (Å²) < 4.78 is 0. The zero-order chi connectivity index (χ0) is 14.5. The first-order valence-corrected chi connectivity index (χ1v) is 7.74. The van der Waals surface area contributed by atoms with E-state index >= 15 is 0 Å². The van der Waals surface area contributed by atoms with Crippen LogP contribution in [-0.2, 0) is 0 Å². The highest BCUT2D eigenvalue weighted by molar-refractivity contribution is 5.94. The minimum atomic E-state index is 0.00246. The summed E-state index contributed by atoms with van der Waals surface area (Å²) in [7, 11) is 0. The standard InChI is InChI=1S/C17H26N2O/c1-12(2)13-8-10-14(11-9-13)17(20)19-16-7-5-3-4-6-15(16)18/h8-12,15-16H,3-7,18H2,1-2H3,(H,19,20). The normalized spacial score (nSPS) is 23.4. The number of rotatable bonds is 3. The molecule has 1 aliphatic rings. The van der Waals surface area contributed by atoms with Crippen LogP contribution in [0.4, 0.5) is 0 Å². The monoisotopic (exact) mass is 274 g/mol. The minimum absolute atomic E-state index is 0.00246. The van der Waals surface area contributed by atoms with E-state index in [9.17, 15) is 4.79 Å². The van der Waals surface area contributed by atoms with Crippen molar-refractivity contribution in [3.8, 4) is 0 Å². The summed E-state index contributed by atoms with van der Waals surface area (Å²) in [4.78, 5) is 12.3. The van der Waals surface area contributed by atoms with Gasteiger partial charge in [0.1, 0.15) is 0 Å². The molecule has 0 aromatic heterocycles. The second-order valence-corrected chi connectivity index (χ2v) is 6.16. The van der Waals surface area contributed by atoms with Crippen molar-refractivity contribution in [3.63, 3.8) is 0 Å². The molecule has 1 amide bonds. The lowest BCUT2D eigenvalue weighted by atomic mass is 10.0. The molecule has 1 fully saturated rings. The van der Waals surface area contributed by atoms with Crippen LogP contribution < -0.4 is 11.1 Å². The Morgan fingerprint density at radius 3 is 2.45 bits per heavy atom. The van der Waals surface area contributed by atoms with Gasteiger partial charge in [-0.25, -0.2) is 0 Å². The number of carbonyl (C=O) groups is 1. The van der Waals surface area contributed by atoms with Gasteiger partial charge >= 0.3 is 0 Å². The van der Waals surface area contributed by atoms with E-state index in [1.165, 1.54) is 18.4 Å². The van der Waals surface area contributed by atoms with E-state index in [4.69, 9.17) is 5.73 Å². The first-order chi connectivity index (χ1) is 9.58. The average molecular weight is 274 g/mol. The van der Waals surface area contributed by atoms with Crippen molar-refractivity contribution in [3.05, 3.63) is 35.4 Å². The highest BCUT2D eigenvalue weighted by atomic mass is 16.1. The van der Waals surface area contributed by atoms with Gasteiger partial charge in [0.05, 0.1) is 0 Å². The van der Waals surface area contributed by atoms with Gasteiger partial charge in [0.2, 0.25) is 0 Å². The molecule has 1 saturated carbocycles. The summed E-state index contributed by atoms with van der Waals surface area (Å²) in [5.41, 5.74) is 8.14. The van der Waals surface area contributed by atoms with E-state index in [-0.39, 0.29) is 18.0 Å². The van der Waals surface area contributed by atoms with Gasteiger partial charge in [-0.1, -0.05) is 45.2 Å². The molecule has 1 aliphatic carbocycles. The lowest BCUT2D eigenvalue weighted by Crippen LogP contribution is -2.46. The van der Waals surface area contributed by atoms with Gasteiger partial charge in [-0.2, -0.15) is 0 Å². The van der Waals surface area contributed by atoms with Gasteiger partial charge in [-0.05, 0) is 36.5 Å². The van der Waals surface area contributed by atoms with Crippen LogP contribution in [0.1, 0.15) is 67.8 Å². The maximum absolute atomic E-state index is 12.3. The van der Waals surface area contributed by atoms with E-state index in [0.717, 1.165) is 24.8 Å². The van der Waals surface area contributed by atoms with E-state index < -0.39 is 0 Å². The van der Waals surface area contributed by atoms with Gasteiger partial charge in [0.25, 0.3) is 5.91 Å². The van der Waals surface area contributed by atoms with Crippen molar-refractivity contribution >= 4 is 5.91 Å². The lowest BCUT2D eigenvalue weighted by molar-refractivity contribution is 0.0929. The zero-order valence-corrected chi connectivity index (χ0v) is 12.6. The van der Waals surface area contributed by atoms with Crippen LogP contribution in [0.5, 0.6) is 0 Å². The third kappa shape index (κ3) is 3.83. The molecule has 3 heteroatoms. The molecule has 0 bridgehead atoms. The molecule has 0 heterocycles. The quantitative estimate of drug-likeness (QED) is 0.832. The number of benzene rings is 1. The van der Waals surface area contributed by atoms with Crippen molar-refractivity contribution in [1.82, 2.24) is 5.32 Å². The third-order valence-electron chi connectivity index (χ3n) is 4.23. The molecule has 110 valence electrons. The maximum Gasteiger partial charge on any atom is 0.251 e. The van der Waals surface area contributed by atoms with Gasteiger partial charge in [0, 0.05) is 17.6 Å². The molecule has 1 aromatic carbocycles. The van der Waals surface area contributed by atoms with Crippen molar-refractivity contribution in [2.24, 2.45) is 5.73 Å². The molecular formula is C17H26N2O. The zero-order valence-electron chi connectivity index (χ0n) is 12.6. The van der Waals surface area contributed by atoms with Crippen LogP contribution in [0.3, 0.4) is 0 Å². The second-order valence-electron chi connectivity index (χ2n) is 6.16. The highest BCUT2D eigenvalue weighted by Gasteiger charge is 2.22. The van der Waals surface area contributed by atoms with Gasteiger partial charge in [0.15, 0.2) is 0 Å². The molecule has 20 heavy (non-hydrogen) atoms. The molecule has 3 N–H and O–H groups in total. The predicted octanol–water partition coefficient (Wildman–Crippen LogP) is 3.20. The molecule has 0 spiro atoms. The summed E-state index contributed by atoms with van der Waals surface area (Å²) in [6, 6.07) is 8.10. The van der Waals surface area contributed by atoms with E-state index in [1.807, 2.05) is 24.3 Å². The molecule has 3 nitrogen and oxygen atoms in total. The van der Waals surface area contributed by atoms with Crippen LogP contribution in [0, 0.1) is 0 Å². The smallest absolute Gasteiger partial charge is 0.251 e. The number of nitrogens with two attached hydrogens (primary N) is 1. The molecule has 2 unspecified atom stereocenters. The Hall–Kier alpha value is -1.35. The van der Waals surface area contributed by atoms with Crippen molar-refractivity contribution in [2.45, 2.75) is 64.0 Å². The van der Waals surface area contributed by atoms with Crippen LogP contribution in [-0.4, -0.2) is 18.0 Å².